The number of likely N-dealkylation sites (tertiary alicyclic amines) is 1. The first-order chi connectivity index (χ1) is 13.8. The zero-order valence-corrected chi connectivity index (χ0v) is 17.2. The summed E-state index contributed by atoms with van der Waals surface area (Å²) in [4.78, 5) is 53.0. The lowest BCUT2D eigenvalue weighted by atomic mass is 9.81. The van der Waals surface area contributed by atoms with Crippen LogP contribution in [0.1, 0.15) is 45.1 Å². The Morgan fingerprint density at radius 2 is 1.62 bits per heavy atom. The molecule has 0 aromatic heterocycles. The van der Waals surface area contributed by atoms with Crippen LogP contribution in [0.4, 0.5) is 0 Å². The summed E-state index contributed by atoms with van der Waals surface area (Å²) < 4.78 is 5.32. The van der Waals surface area contributed by atoms with Crippen LogP contribution in [0.25, 0.3) is 0 Å². The van der Waals surface area contributed by atoms with E-state index in [4.69, 9.17) is 4.74 Å². The smallest absolute Gasteiger partial charge is 0.329 e. The van der Waals surface area contributed by atoms with Crippen LogP contribution >= 0.6 is 0 Å². The number of esters is 1. The van der Waals surface area contributed by atoms with Crippen molar-refractivity contribution in [1.29, 1.82) is 0 Å². The molecule has 7 heteroatoms. The quantitative estimate of drug-likeness (QED) is 0.540. The number of fused-ring (bicyclic) bond motifs is 1. The highest BCUT2D eigenvalue weighted by molar-refractivity contribution is 6.07. The summed E-state index contributed by atoms with van der Waals surface area (Å²) in [6.07, 6.45) is 2.21. The number of hydrogen-bond donors (Lipinski definition) is 0. The van der Waals surface area contributed by atoms with Crippen molar-refractivity contribution in [3.05, 3.63) is 35.9 Å². The van der Waals surface area contributed by atoms with Crippen LogP contribution in [0.5, 0.6) is 0 Å². The monoisotopic (exact) mass is 400 g/mol. The highest BCUT2D eigenvalue weighted by Crippen LogP contribution is 2.38. The Bertz CT molecular complexity index is 770. The summed E-state index contributed by atoms with van der Waals surface area (Å²) in [5, 5.41) is 0. The SMILES string of the molecule is C[C@H](OC(=O)[C@@H](C)N1C(=O)[C@H]2CCCC[C@H]2C1=O)C(=O)N(C)Cc1ccccc1. The molecule has 0 unspecified atom stereocenters. The number of ether oxygens (including phenoxy) is 1. The van der Waals surface area contributed by atoms with Crippen LogP contribution in [0, 0.1) is 11.8 Å². The number of amides is 3. The predicted octanol–water partition coefficient (Wildman–Crippen LogP) is 2.14. The largest absolute Gasteiger partial charge is 0.451 e. The van der Waals surface area contributed by atoms with Gasteiger partial charge in [0.25, 0.3) is 5.91 Å². The first kappa shape index (κ1) is 21.0. The molecule has 156 valence electrons. The summed E-state index contributed by atoms with van der Waals surface area (Å²) in [7, 11) is 1.64. The highest BCUT2D eigenvalue weighted by Gasteiger charge is 2.51. The van der Waals surface area contributed by atoms with Crippen LogP contribution in [-0.4, -0.2) is 52.7 Å². The molecule has 0 bridgehead atoms. The van der Waals surface area contributed by atoms with Gasteiger partial charge in [-0.15, -0.1) is 0 Å². The average molecular weight is 400 g/mol. The topological polar surface area (TPSA) is 84.0 Å². The molecular weight excluding hydrogens is 372 g/mol. The van der Waals surface area contributed by atoms with Gasteiger partial charge in [-0.25, -0.2) is 4.79 Å². The standard InChI is InChI=1S/C22H28N2O5/c1-14(24-20(26)17-11-7-8-12-18(17)21(24)27)22(28)29-15(2)19(25)23(3)13-16-9-5-4-6-10-16/h4-6,9-10,14-15,17-18H,7-8,11-13H2,1-3H3/t14-,15+,17-,18+/m1/s1. The van der Waals surface area contributed by atoms with Gasteiger partial charge in [-0.2, -0.15) is 0 Å². The van der Waals surface area contributed by atoms with E-state index in [9.17, 15) is 19.2 Å². The van der Waals surface area contributed by atoms with E-state index in [1.165, 1.54) is 18.7 Å². The minimum atomic E-state index is -1.03. The van der Waals surface area contributed by atoms with Gasteiger partial charge in [0.2, 0.25) is 11.8 Å². The first-order valence-electron chi connectivity index (χ1n) is 10.2. The van der Waals surface area contributed by atoms with Crippen molar-refractivity contribution in [1.82, 2.24) is 9.80 Å². The predicted molar refractivity (Wildman–Crippen MR) is 105 cm³/mol. The lowest BCUT2D eigenvalue weighted by Crippen LogP contribution is -2.46. The van der Waals surface area contributed by atoms with E-state index < -0.39 is 18.1 Å². The van der Waals surface area contributed by atoms with E-state index in [-0.39, 0.29) is 29.6 Å². The van der Waals surface area contributed by atoms with Crippen molar-refractivity contribution < 1.29 is 23.9 Å². The molecule has 3 amide bonds. The molecule has 1 aromatic carbocycles. The van der Waals surface area contributed by atoms with Crippen molar-refractivity contribution >= 4 is 23.7 Å². The summed E-state index contributed by atoms with van der Waals surface area (Å²) in [5.41, 5.74) is 0.964. The molecule has 29 heavy (non-hydrogen) atoms. The second kappa shape index (κ2) is 8.76. The molecule has 1 saturated heterocycles. The second-order valence-corrected chi connectivity index (χ2v) is 7.98. The maximum Gasteiger partial charge on any atom is 0.329 e. The molecule has 0 spiro atoms. The number of carbonyl (C=O) groups excluding carboxylic acids is 4. The van der Waals surface area contributed by atoms with E-state index in [1.807, 2.05) is 30.3 Å². The van der Waals surface area contributed by atoms with Crippen LogP contribution in [0.15, 0.2) is 30.3 Å². The minimum Gasteiger partial charge on any atom is -0.451 e. The van der Waals surface area contributed by atoms with E-state index >= 15 is 0 Å². The fourth-order valence-corrected chi connectivity index (χ4v) is 4.24. The maximum absolute atomic E-state index is 12.6. The summed E-state index contributed by atoms with van der Waals surface area (Å²) in [6, 6.07) is 8.46. The van der Waals surface area contributed by atoms with Gasteiger partial charge in [0.05, 0.1) is 11.8 Å². The fraction of sp³-hybridized carbons (Fsp3) is 0.545. The van der Waals surface area contributed by atoms with E-state index in [2.05, 4.69) is 0 Å². The number of benzene rings is 1. The van der Waals surface area contributed by atoms with Gasteiger partial charge in [0.1, 0.15) is 6.04 Å². The average Bonchev–Trinajstić information content (AvgIpc) is 2.98. The third-order valence-electron chi connectivity index (χ3n) is 5.88. The maximum atomic E-state index is 12.6. The molecule has 0 radical (unpaired) electrons. The Hall–Kier alpha value is -2.70. The lowest BCUT2D eigenvalue weighted by molar-refractivity contribution is -0.166. The number of hydrogen-bond acceptors (Lipinski definition) is 5. The number of imide groups is 1. The molecule has 4 atom stereocenters. The van der Waals surface area contributed by atoms with Crippen LogP contribution < -0.4 is 0 Å². The molecular formula is C22H28N2O5. The van der Waals surface area contributed by atoms with Crippen LogP contribution in [0.2, 0.25) is 0 Å². The van der Waals surface area contributed by atoms with Crippen molar-refractivity contribution in [2.75, 3.05) is 7.05 Å². The number of nitrogens with zero attached hydrogens (tertiary/aromatic N) is 2. The third kappa shape index (κ3) is 4.33. The lowest BCUT2D eigenvalue weighted by Gasteiger charge is -2.25. The molecule has 2 aliphatic rings. The molecule has 0 N–H and O–H groups in total. The van der Waals surface area contributed by atoms with Crippen LogP contribution in [0.3, 0.4) is 0 Å². The van der Waals surface area contributed by atoms with E-state index in [0.717, 1.165) is 23.3 Å². The summed E-state index contributed by atoms with van der Waals surface area (Å²) in [5.74, 6) is -2.29. The zero-order chi connectivity index (χ0) is 21.1. The van der Waals surface area contributed by atoms with Crippen molar-refractivity contribution in [3.63, 3.8) is 0 Å². The van der Waals surface area contributed by atoms with Gasteiger partial charge < -0.3 is 9.64 Å². The molecule has 1 aromatic rings. The zero-order valence-electron chi connectivity index (χ0n) is 17.2. The normalized spacial score (nSPS) is 23.3. The van der Waals surface area contributed by atoms with Crippen molar-refractivity contribution in [2.24, 2.45) is 11.8 Å². The molecule has 3 rings (SSSR count). The van der Waals surface area contributed by atoms with Crippen LogP contribution in [-0.2, 0) is 30.5 Å². The Morgan fingerprint density at radius 3 is 2.17 bits per heavy atom. The molecule has 7 nitrogen and oxygen atoms in total. The highest BCUT2D eigenvalue weighted by atomic mass is 16.5. The molecule has 1 heterocycles. The van der Waals surface area contributed by atoms with Gasteiger partial charge in [-0.1, -0.05) is 43.2 Å². The van der Waals surface area contributed by atoms with E-state index in [0.29, 0.717) is 19.4 Å². The Balaban J connectivity index is 1.59. The molecule has 1 saturated carbocycles. The van der Waals surface area contributed by atoms with Crippen molar-refractivity contribution in [3.8, 4) is 0 Å². The first-order valence-corrected chi connectivity index (χ1v) is 10.2. The Morgan fingerprint density at radius 1 is 1.07 bits per heavy atom. The molecule has 1 aliphatic heterocycles. The van der Waals surface area contributed by atoms with Crippen molar-refractivity contribution in [2.45, 2.75) is 58.2 Å². The Kier molecular flexibility index (Phi) is 6.35. The van der Waals surface area contributed by atoms with Gasteiger partial charge in [-0.05, 0) is 32.3 Å². The van der Waals surface area contributed by atoms with Gasteiger partial charge in [0.15, 0.2) is 6.10 Å². The fourth-order valence-electron chi connectivity index (χ4n) is 4.24. The second-order valence-electron chi connectivity index (χ2n) is 7.98. The van der Waals surface area contributed by atoms with E-state index in [1.54, 1.807) is 7.05 Å². The number of rotatable bonds is 6. The molecule has 1 aliphatic carbocycles. The minimum absolute atomic E-state index is 0.288. The number of carbonyl (C=O) groups is 4. The summed E-state index contributed by atoms with van der Waals surface area (Å²) >= 11 is 0. The summed E-state index contributed by atoms with van der Waals surface area (Å²) in [6.45, 7) is 3.38. The van der Waals surface area contributed by atoms with Gasteiger partial charge in [-0.3, -0.25) is 19.3 Å². The van der Waals surface area contributed by atoms with Gasteiger partial charge >= 0.3 is 5.97 Å². The Labute approximate surface area is 171 Å². The van der Waals surface area contributed by atoms with Gasteiger partial charge in [0, 0.05) is 13.6 Å². The number of likely N-dealkylation sites (N-methyl/N-ethyl adjacent to an activating group) is 1. The third-order valence-corrected chi connectivity index (χ3v) is 5.88. The molecule has 2 fully saturated rings.